The number of hydrogen-bond donors (Lipinski definition) is 1. The first-order valence-electron chi connectivity index (χ1n) is 5.95. The summed E-state index contributed by atoms with van der Waals surface area (Å²) in [6, 6.07) is 0.337. The van der Waals surface area contributed by atoms with Crippen LogP contribution in [0, 0.1) is 5.92 Å². The molecule has 0 radical (unpaired) electrons. The van der Waals surface area contributed by atoms with Crippen molar-refractivity contribution in [3.05, 3.63) is 12.4 Å². The minimum absolute atomic E-state index is 0.337. The molecule has 1 heterocycles. The Morgan fingerprint density at radius 2 is 2.25 bits per heavy atom. The highest BCUT2D eigenvalue weighted by Gasteiger charge is 2.13. The first kappa shape index (κ1) is 13.0. The molecule has 0 saturated heterocycles. The Kier molecular flexibility index (Phi) is 5.32. The van der Waals surface area contributed by atoms with Crippen molar-refractivity contribution in [2.75, 3.05) is 19.0 Å². The van der Waals surface area contributed by atoms with Crippen LogP contribution >= 0.6 is 0 Å². The predicted molar refractivity (Wildman–Crippen MR) is 66.6 cm³/mol. The fourth-order valence-corrected chi connectivity index (χ4v) is 1.58. The van der Waals surface area contributed by atoms with Crippen LogP contribution in [0.1, 0.15) is 27.2 Å². The van der Waals surface area contributed by atoms with E-state index in [0.717, 1.165) is 25.3 Å². The summed E-state index contributed by atoms with van der Waals surface area (Å²) >= 11 is 0. The molecule has 4 nitrogen and oxygen atoms in total. The number of aromatic nitrogens is 2. The fourth-order valence-electron chi connectivity index (χ4n) is 1.58. The van der Waals surface area contributed by atoms with Gasteiger partial charge in [-0.3, -0.25) is 4.68 Å². The van der Waals surface area contributed by atoms with Gasteiger partial charge in [-0.1, -0.05) is 20.8 Å². The molecule has 1 aromatic heterocycles. The van der Waals surface area contributed by atoms with Gasteiger partial charge in [0.15, 0.2) is 0 Å². The molecule has 1 atom stereocenters. The van der Waals surface area contributed by atoms with Crippen LogP contribution in [0.25, 0.3) is 0 Å². The van der Waals surface area contributed by atoms with Gasteiger partial charge in [-0.25, -0.2) is 0 Å². The molecule has 1 N–H and O–H groups in total. The van der Waals surface area contributed by atoms with Gasteiger partial charge in [0.25, 0.3) is 0 Å². The zero-order valence-electron chi connectivity index (χ0n) is 10.7. The molecule has 0 aromatic carbocycles. The van der Waals surface area contributed by atoms with Gasteiger partial charge < -0.3 is 10.1 Å². The first-order valence-corrected chi connectivity index (χ1v) is 5.95. The molecule has 0 aliphatic carbocycles. The minimum atomic E-state index is 0.337. The van der Waals surface area contributed by atoms with E-state index in [9.17, 15) is 0 Å². The molecule has 0 amide bonds. The first-order chi connectivity index (χ1) is 7.67. The van der Waals surface area contributed by atoms with E-state index in [2.05, 4.69) is 37.4 Å². The van der Waals surface area contributed by atoms with Crippen LogP contribution in [0.5, 0.6) is 0 Å². The number of methoxy groups -OCH3 is 1. The van der Waals surface area contributed by atoms with Crippen molar-refractivity contribution >= 4 is 5.69 Å². The highest BCUT2D eigenvalue weighted by molar-refractivity contribution is 5.39. The normalized spacial score (nSPS) is 13.1. The topological polar surface area (TPSA) is 39.1 Å². The molecule has 1 aromatic rings. The summed E-state index contributed by atoms with van der Waals surface area (Å²) in [7, 11) is 1.73. The van der Waals surface area contributed by atoms with Crippen LogP contribution in [0.4, 0.5) is 5.69 Å². The Hall–Kier alpha value is -1.03. The zero-order chi connectivity index (χ0) is 12.0. The van der Waals surface area contributed by atoms with Crippen LogP contribution in [0.3, 0.4) is 0 Å². The van der Waals surface area contributed by atoms with Gasteiger partial charge in [0, 0.05) is 19.9 Å². The van der Waals surface area contributed by atoms with E-state index >= 15 is 0 Å². The number of nitrogens with one attached hydrogen (secondary N) is 1. The molecule has 0 aliphatic heterocycles. The summed E-state index contributed by atoms with van der Waals surface area (Å²) in [6.45, 7) is 8.21. The van der Waals surface area contributed by atoms with Crippen LogP contribution in [-0.2, 0) is 11.3 Å². The molecule has 0 spiro atoms. The van der Waals surface area contributed by atoms with Crippen molar-refractivity contribution in [2.24, 2.45) is 5.92 Å². The maximum Gasteiger partial charge on any atom is 0.0729 e. The van der Waals surface area contributed by atoms with Gasteiger partial charge in [-0.2, -0.15) is 5.10 Å². The summed E-state index contributed by atoms with van der Waals surface area (Å²) in [5.74, 6) is 0.537. The van der Waals surface area contributed by atoms with Gasteiger partial charge in [0.1, 0.15) is 0 Å². The molecule has 92 valence electrons. The minimum Gasteiger partial charge on any atom is -0.383 e. The fraction of sp³-hybridized carbons (Fsp3) is 0.750. The van der Waals surface area contributed by atoms with E-state index in [1.54, 1.807) is 7.11 Å². The molecule has 1 unspecified atom stereocenters. The molecule has 0 aliphatic rings. The number of anilines is 1. The third-order valence-corrected chi connectivity index (χ3v) is 2.59. The van der Waals surface area contributed by atoms with E-state index < -0.39 is 0 Å². The van der Waals surface area contributed by atoms with Crippen LogP contribution < -0.4 is 5.32 Å². The lowest BCUT2D eigenvalue weighted by Gasteiger charge is -2.21. The summed E-state index contributed by atoms with van der Waals surface area (Å²) in [5.41, 5.74) is 1.07. The maximum absolute atomic E-state index is 5.20. The number of hydrogen-bond acceptors (Lipinski definition) is 3. The van der Waals surface area contributed by atoms with E-state index in [1.165, 1.54) is 0 Å². The Morgan fingerprint density at radius 1 is 1.50 bits per heavy atom. The maximum atomic E-state index is 5.20. The highest BCUT2D eigenvalue weighted by atomic mass is 16.5. The monoisotopic (exact) mass is 225 g/mol. The van der Waals surface area contributed by atoms with Gasteiger partial charge in [0.05, 0.1) is 24.5 Å². The molecular formula is C12H23N3O. The highest BCUT2D eigenvalue weighted by Crippen LogP contribution is 2.12. The van der Waals surface area contributed by atoms with Crippen LogP contribution in [-0.4, -0.2) is 29.5 Å². The Morgan fingerprint density at radius 3 is 2.81 bits per heavy atom. The van der Waals surface area contributed by atoms with Crippen LogP contribution in [0.15, 0.2) is 12.4 Å². The van der Waals surface area contributed by atoms with Crippen molar-refractivity contribution in [3.63, 3.8) is 0 Å². The number of aryl methyl sites for hydroxylation is 1. The Balaban J connectivity index is 2.55. The quantitative estimate of drug-likeness (QED) is 0.774. The number of ether oxygens (including phenoxy) is 1. The Bertz CT molecular complexity index is 296. The average molecular weight is 225 g/mol. The predicted octanol–water partition coefficient (Wildman–Crippen LogP) is 2.38. The number of rotatable bonds is 7. The second kappa shape index (κ2) is 6.53. The third-order valence-electron chi connectivity index (χ3n) is 2.59. The van der Waals surface area contributed by atoms with Gasteiger partial charge in [0.2, 0.25) is 0 Å². The van der Waals surface area contributed by atoms with Gasteiger partial charge >= 0.3 is 0 Å². The van der Waals surface area contributed by atoms with Crippen molar-refractivity contribution in [1.29, 1.82) is 0 Å². The van der Waals surface area contributed by atoms with E-state index in [0.29, 0.717) is 12.0 Å². The van der Waals surface area contributed by atoms with Gasteiger partial charge in [-0.15, -0.1) is 0 Å². The van der Waals surface area contributed by atoms with Crippen LogP contribution in [0.2, 0.25) is 0 Å². The lowest BCUT2D eigenvalue weighted by molar-refractivity contribution is 0.171. The molecule has 0 saturated carbocycles. The van der Waals surface area contributed by atoms with E-state index in [-0.39, 0.29) is 0 Å². The zero-order valence-corrected chi connectivity index (χ0v) is 10.7. The SMILES string of the molecule is CCCn1cc(NC(COC)C(C)C)cn1. The average Bonchev–Trinajstić information content (AvgIpc) is 2.65. The summed E-state index contributed by atoms with van der Waals surface area (Å²) in [5, 5.41) is 7.74. The third kappa shape index (κ3) is 3.85. The van der Waals surface area contributed by atoms with Crippen molar-refractivity contribution in [3.8, 4) is 0 Å². The molecule has 16 heavy (non-hydrogen) atoms. The molecule has 0 bridgehead atoms. The largest absolute Gasteiger partial charge is 0.383 e. The standard InChI is InChI=1S/C12H23N3O/c1-5-6-15-8-11(7-13-15)14-12(9-16-4)10(2)3/h7-8,10,12,14H,5-6,9H2,1-4H3. The number of nitrogens with zero attached hydrogens (tertiary/aromatic N) is 2. The molecule has 0 fully saturated rings. The summed E-state index contributed by atoms with van der Waals surface area (Å²) < 4.78 is 7.17. The summed E-state index contributed by atoms with van der Waals surface area (Å²) in [4.78, 5) is 0. The lowest BCUT2D eigenvalue weighted by Crippen LogP contribution is -2.30. The smallest absolute Gasteiger partial charge is 0.0729 e. The second-order valence-corrected chi connectivity index (χ2v) is 4.44. The van der Waals surface area contributed by atoms with E-state index in [1.807, 2.05) is 10.9 Å². The van der Waals surface area contributed by atoms with Crippen molar-refractivity contribution in [2.45, 2.75) is 39.8 Å². The summed E-state index contributed by atoms with van der Waals surface area (Å²) in [6.07, 6.45) is 5.03. The van der Waals surface area contributed by atoms with Gasteiger partial charge in [-0.05, 0) is 12.3 Å². The van der Waals surface area contributed by atoms with Crippen molar-refractivity contribution in [1.82, 2.24) is 9.78 Å². The van der Waals surface area contributed by atoms with E-state index in [4.69, 9.17) is 4.74 Å². The molecular weight excluding hydrogens is 202 g/mol. The van der Waals surface area contributed by atoms with Crippen molar-refractivity contribution < 1.29 is 4.74 Å². The molecule has 1 rings (SSSR count). The second-order valence-electron chi connectivity index (χ2n) is 4.44. The Labute approximate surface area is 98.0 Å². The molecule has 4 heteroatoms. The lowest BCUT2D eigenvalue weighted by atomic mass is 10.1.